The predicted molar refractivity (Wildman–Crippen MR) is 119 cm³/mol. The van der Waals surface area contributed by atoms with E-state index in [1.165, 1.54) is 11.6 Å². The molecule has 2 atom stereocenters. The van der Waals surface area contributed by atoms with Crippen LogP contribution in [0.3, 0.4) is 0 Å². The first-order chi connectivity index (χ1) is 14.6. The highest BCUT2D eigenvalue weighted by Gasteiger charge is 2.30. The molecule has 6 heteroatoms. The zero-order valence-corrected chi connectivity index (χ0v) is 17.9. The van der Waals surface area contributed by atoms with Crippen LogP contribution >= 0.6 is 11.3 Å². The second-order valence-corrected chi connectivity index (χ2v) is 8.82. The Morgan fingerprint density at radius 3 is 2.80 bits per heavy atom. The Morgan fingerprint density at radius 1 is 1.27 bits per heavy atom. The average molecular weight is 424 g/mol. The van der Waals surface area contributed by atoms with E-state index in [-0.39, 0.29) is 17.8 Å². The molecule has 4 rings (SSSR count). The monoisotopic (exact) mass is 423 g/mol. The maximum Gasteiger partial charge on any atom is 0.217 e. The smallest absolute Gasteiger partial charge is 0.217 e. The minimum absolute atomic E-state index is 0.0136. The van der Waals surface area contributed by atoms with Crippen molar-refractivity contribution in [2.24, 2.45) is 5.92 Å². The summed E-state index contributed by atoms with van der Waals surface area (Å²) >= 11 is 1.60. The van der Waals surface area contributed by atoms with E-state index in [1.54, 1.807) is 36.6 Å². The van der Waals surface area contributed by atoms with Gasteiger partial charge in [-0.15, -0.1) is 11.3 Å². The molecule has 1 aliphatic heterocycles. The maximum atomic E-state index is 13.5. The van der Waals surface area contributed by atoms with Gasteiger partial charge in [-0.3, -0.25) is 9.69 Å². The number of thiazole rings is 1. The second-order valence-electron chi connectivity index (χ2n) is 7.89. The van der Waals surface area contributed by atoms with Gasteiger partial charge in [-0.05, 0) is 54.1 Å². The lowest BCUT2D eigenvalue weighted by molar-refractivity contribution is -0.120. The number of nitrogens with one attached hydrogen (secondary N) is 1. The second kappa shape index (κ2) is 9.49. The van der Waals surface area contributed by atoms with Crippen LogP contribution < -0.4 is 5.32 Å². The van der Waals surface area contributed by atoms with Gasteiger partial charge in [-0.1, -0.05) is 36.4 Å². The molecule has 156 valence electrons. The highest BCUT2D eigenvalue weighted by Crippen LogP contribution is 2.31. The number of carbonyl (C=O) groups excluding carboxylic acids is 1. The molecule has 3 aromatic rings. The van der Waals surface area contributed by atoms with Crippen LogP contribution in [0.4, 0.5) is 4.39 Å². The standard InChI is InChI=1S/C24H26FN3OS/c1-17(29)27-23(24-26-11-13-30-24)21-5-3-12-28(16-21)15-18-7-9-19(10-8-18)20-4-2-6-22(25)14-20/h2,4,6-11,13-14,21,23H,3,5,12,15-16H2,1H3,(H,27,29). The minimum Gasteiger partial charge on any atom is -0.347 e. The van der Waals surface area contributed by atoms with Gasteiger partial charge in [0.15, 0.2) is 0 Å². The predicted octanol–water partition coefficient (Wildman–Crippen LogP) is 5.04. The van der Waals surface area contributed by atoms with E-state index in [0.717, 1.165) is 48.6 Å². The average Bonchev–Trinajstić information content (AvgIpc) is 3.27. The van der Waals surface area contributed by atoms with E-state index in [0.29, 0.717) is 5.92 Å². The lowest BCUT2D eigenvalue weighted by Crippen LogP contribution is -2.42. The Bertz CT molecular complexity index is 974. The highest BCUT2D eigenvalue weighted by molar-refractivity contribution is 7.09. The molecule has 30 heavy (non-hydrogen) atoms. The first kappa shape index (κ1) is 20.7. The van der Waals surface area contributed by atoms with Gasteiger partial charge in [0.25, 0.3) is 0 Å². The number of hydrogen-bond donors (Lipinski definition) is 1. The summed E-state index contributed by atoms with van der Waals surface area (Å²) in [5.74, 6) is 0.116. The molecule has 2 aromatic carbocycles. The van der Waals surface area contributed by atoms with Crippen LogP contribution in [0.25, 0.3) is 11.1 Å². The van der Waals surface area contributed by atoms with Gasteiger partial charge in [-0.25, -0.2) is 9.37 Å². The summed E-state index contributed by atoms with van der Waals surface area (Å²) < 4.78 is 13.5. The van der Waals surface area contributed by atoms with Crippen LogP contribution in [0, 0.1) is 11.7 Å². The Hall–Kier alpha value is -2.57. The van der Waals surface area contributed by atoms with Gasteiger partial charge < -0.3 is 5.32 Å². The minimum atomic E-state index is -0.218. The molecule has 1 N–H and O–H groups in total. The van der Waals surface area contributed by atoms with Crippen LogP contribution in [0.15, 0.2) is 60.1 Å². The van der Waals surface area contributed by atoms with Crippen molar-refractivity contribution < 1.29 is 9.18 Å². The van der Waals surface area contributed by atoms with Crippen LogP contribution in [0.5, 0.6) is 0 Å². The van der Waals surface area contributed by atoms with Gasteiger partial charge in [0.05, 0.1) is 6.04 Å². The molecule has 1 aliphatic rings. The van der Waals surface area contributed by atoms with Crippen molar-refractivity contribution in [1.29, 1.82) is 0 Å². The van der Waals surface area contributed by atoms with Crippen LogP contribution in [-0.4, -0.2) is 28.9 Å². The SMILES string of the molecule is CC(=O)NC(c1nccs1)C1CCCN(Cc2ccc(-c3cccc(F)c3)cc2)C1. The van der Waals surface area contributed by atoms with Crippen molar-refractivity contribution >= 4 is 17.2 Å². The zero-order valence-electron chi connectivity index (χ0n) is 17.1. The number of aromatic nitrogens is 1. The van der Waals surface area contributed by atoms with Crippen LogP contribution in [0.1, 0.15) is 36.4 Å². The van der Waals surface area contributed by atoms with Crippen molar-refractivity contribution in [3.05, 3.63) is 76.5 Å². The van der Waals surface area contributed by atoms with Crippen molar-refractivity contribution in [2.75, 3.05) is 13.1 Å². The number of carbonyl (C=O) groups is 1. The summed E-state index contributed by atoms with van der Waals surface area (Å²) in [5, 5.41) is 6.06. The summed E-state index contributed by atoms with van der Waals surface area (Å²) in [4.78, 5) is 18.7. The van der Waals surface area contributed by atoms with Gasteiger partial charge in [0.2, 0.25) is 5.91 Å². The molecule has 0 aliphatic carbocycles. The molecule has 1 amide bonds. The van der Waals surface area contributed by atoms with E-state index in [1.807, 2.05) is 11.4 Å². The maximum absolute atomic E-state index is 13.5. The third-order valence-electron chi connectivity index (χ3n) is 5.61. The Morgan fingerprint density at radius 2 is 2.10 bits per heavy atom. The Labute approximate surface area is 180 Å². The Balaban J connectivity index is 1.43. The van der Waals surface area contributed by atoms with Crippen molar-refractivity contribution in [3.8, 4) is 11.1 Å². The molecule has 1 saturated heterocycles. The molecule has 0 saturated carbocycles. The molecule has 4 nitrogen and oxygen atoms in total. The van der Waals surface area contributed by atoms with Gasteiger partial charge in [0.1, 0.15) is 10.8 Å². The number of hydrogen-bond acceptors (Lipinski definition) is 4. The number of piperidine rings is 1. The fourth-order valence-corrected chi connectivity index (χ4v) is 5.00. The van der Waals surface area contributed by atoms with Crippen LogP contribution in [-0.2, 0) is 11.3 Å². The molecule has 0 bridgehead atoms. The molecule has 1 aromatic heterocycles. The number of rotatable bonds is 6. The zero-order chi connectivity index (χ0) is 20.9. The fourth-order valence-electron chi connectivity index (χ4n) is 4.22. The fraction of sp³-hybridized carbons (Fsp3) is 0.333. The summed E-state index contributed by atoms with van der Waals surface area (Å²) in [6.07, 6.45) is 3.99. The number of amides is 1. The number of benzene rings is 2. The van der Waals surface area contributed by atoms with E-state index in [4.69, 9.17) is 0 Å². The van der Waals surface area contributed by atoms with E-state index < -0.39 is 0 Å². The molecule has 0 radical (unpaired) electrons. The van der Waals surface area contributed by atoms with Gasteiger partial charge in [-0.2, -0.15) is 0 Å². The number of likely N-dealkylation sites (tertiary alicyclic amines) is 1. The molecular weight excluding hydrogens is 397 g/mol. The molecular formula is C24H26FN3OS. The van der Waals surface area contributed by atoms with Crippen LogP contribution in [0.2, 0.25) is 0 Å². The van der Waals surface area contributed by atoms with Crippen molar-refractivity contribution in [3.63, 3.8) is 0 Å². The summed E-state index contributed by atoms with van der Waals surface area (Å²) in [6, 6.07) is 15.0. The normalized spacial score (nSPS) is 18.1. The molecule has 1 fully saturated rings. The Kier molecular flexibility index (Phi) is 6.55. The summed E-state index contributed by atoms with van der Waals surface area (Å²) in [6.45, 7) is 4.41. The highest BCUT2D eigenvalue weighted by atomic mass is 32.1. The van der Waals surface area contributed by atoms with E-state index in [9.17, 15) is 9.18 Å². The third-order valence-corrected chi connectivity index (χ3v) is 6.47. The van der Waals surface area contributed by atoms with E-state index >= 15 is 0 Å². The molecule has 2 unspecified atom stereocenters. The first-order valence-corrected chi connectivity index (χ1v) is 11.2. The first-order valence-electron chi connectivity index (χ1n) is 10.3. The third kappa shape index (κ3) is 5.12. The van der Waals surface area contributed by atoms with Crippen molar-refractivity contribution in [2.45, 2.75) is 32.4 Å². The van der Waals surface area contributed by atoms with Crippen molar-refractivity contribution in [1.82, 2.24) is 15.2 Å². The lowest BCUT2D eigenvalue weighted by atomic mass is 9.90. The number of halogens is 1. The molecule has 0 spiro atoms. The summed E-state index contributed by atoms with van der Waals surface area (Å²) in [5.41, 5.74) is 3.14. The lowest BCUT2D eigenvalue weighted by Gasteiger charge is -2.36. The largest absolute Gasteiger partial charge is 0.347 e. The van der Waals surface area contributed by atoms with E-state index in [2.05, 4.69) is 39.5 Å². The van der Waals surface area contributed by atoms with Gasteiger partial charge >= 0.3 is 0 Å². The molecule has 2 heterocycles. The quantitative estimate of drug-likeness (QED) is 0.604. The summed E-state index contributed by atoms with van der Waals surface area (Å²) in [7, 11) is 0. The number of nitrogens with zero attached hydrogens (tertiary/aromatic N) is 2. The van der Waals surface area contributed by atoms with Gasteiger partial charge in [0, 0.05) is 31.6 Å². The topological polar surface area (TPSA) is 45.2 Å².